The number of allylic oxidation sites excluding steroid dienone is 1. The zero-order chi connectivity index (χ0) is 18.5. The summed E-state index contributed by atoms with van der Waals surface area (Å²) in [5.74, 6) is -0.0176. The molecule has 2 aromatic rings. The van der Waals surface area contributed by atoms with Crippen molar-refractivity contribution in [3.8, 4) is 0 Å². The van der Waals surface area contributed by atoms with Gasteiger partial charge in [0.25, 0.3) is 0 Å². The van der Waals surface area contributed by atoms with Crippen molar-refractivity contribution in [2.24, 2.45) is 0 Å². The molecule has 3 rings (SSSR count). The Morgan fingerprint density at radius 3 is 3.15 bits per heavy atom. The maximum atomic E-state index is 12.6. The number of hydrogen-bond acceptors (Lipinski definition) is 4. The highest BCUT2D eigenvalue weighted by atomic mass is 16.5. The van der Waals surface area contributed by atoms with Gasteiger partial charge in [0, 0.05) is 19.0 Å². The summed E-state index contributed by atoms with van der Waals surface area (Å²) < 4.78 is 13.4. The predicted molar refractivity (Wildman–Crippen MR) is 100 cm³/mol. The number of rotatable bonds is 6. The number of ether oxygens (including phenoxy) is 2. The van der Waals surface area contributed by atoms with E-state index >= 15 is 0 Å². The van der Waals surface area contributed by atoms with Gasteiger partial charge in [-0.2, -0.15) is 0 Å². The minimum Gasteiger partial charge on any atom is -0.379 e. The Morgan fingerprint density at radius 2 is 2.35 bits per heavy atom. The van der Waals surface area contributed by atoms with Crippen LogP contribution in [0.1, 0.15) is 31.5 Å². The third kappa shape index (κ3) is 4.51. The smallest absolute Gasteiger partial charge is 0.226 e. The predicted octanol–water partition coefficient (Wildman–Crippen LogP) is 2.44. The number of pyridine rings is 1. The highest BCUT2D eigenvalue weighted by Crippen LogP contribution is 2.14. The van der Waals surface area contributed by atoms with Crippen LogP contribution in [-0.2, 0) is 20.7 Å². The molecular weight excluding hydrogens is 330 g/mol. The molecule has 2 aromatic heterocycles. The van der Waals surface area contributed by atoms with Crippen molar-refractivity contribution in [1.82, 2.24) is 14.7 Å². The zero-order valence-electron chi connectivity index (χ0n) is 15.7. The van der Waals surface area contributed by atoms with Crippen LogP contribution in [0, 0.1) is 6.92 Å². The van der Waals surface area contributed by atoms with Crippen LogP contribution < -0.4 is 5.32 Å². The van der Waals surface area contributed by atoms with E-state index in [1.807, 2.05) is 49.6 Å². The Labute approximate surface area is 154 Å². The molecule has 6 nitrogen and oxygen atoms in total. The van der Waals surface area contributed by atoms with Crippen molar-refractivity contribution >= 4 is 11.6 Å². The maximum Gasteiger partial charge on any atom is 0.226 e. The number of fused-ring (bicyclic) bond motifs is 1. The van der Waals surface area contributed by atoms with Crippen LogP contribution in [0.4, 0.5) is 0 Å². The number of carbonyl (C=O) groups is 1. The third-order valence-electron chi connectivity index (χ3n) is 4.60. The van der Waals surface area contributed by atoms with E-state index in [4.69, 9.17) is 9.47 Å². The number of aryl methyl sites for hydroxylation is 1. The lowest BCUT2D eigenvalue weighted by atomic mass is 10.1. The molecule has 1 aliphatic rings. The van der Waals surface area contributed by atoms with E-state index in [0.717, 1.165) is 23.3 Å². The Bertz CT molecular complexity index is 793. The Hall–Kier alpha value is -2.18. The summed E-state index contributed by atoms with van der Waals surface area (Å²) >= 11 is 0. The normalized spacial score (nSPS) is 20.1. The molecule has 0 aliphatic carbocycles. The lowest BCUT2D eigenvalue weighted by Crippen LogP contribution is -2.50. The topological polar surface area (TPSA) is 64.9 Å². The fraction of sp³-hybridized carbons (Fsp3) is 0.500. The van der Waals surface area contributed by atoms with Gasteiger partial charge in [-0.05, 0) is 38.8 Å². The number of aromatic nitrogens is 2. The van der Waals surface area contributed by atoms with E-state index in [1.165, 1.54) is 5.57 Å². The van der Waals surface area contributed by atoms with Crippen LogP contribution in [0.3, 0.4) is 0 Å². The van der Waals surface area contributed by atoms with Gasteiger partial charge in [0.2, 0.25) is 5.91 Å². The Balaban J connectivity index is 1.62. The molecular formula is C20H27N3O3. The van der Waals surface area contributed by atoms with Crippen LogP contribution >= 0.6 is 0 Å². The first-order valence-electron chi connectivity index (χ1n) is 9.08. The summed E-state index contributed by atoms with van der Waals surface area (Å²) in [6, 6.07) is 3.96. The first-order valence-corrected chi connectivity index (χ1v) is 9.08. The minimum atomic E-state index is -0.118. The molecule has 2 atom stereocenters. The van der Waals surface area contributed by atoms with Gasteiger partial charge >= 0.3 is 0 Å². The third-order valence-corrected chi connectivity index (χ3v) is 4.60. The monoisotopic (exact) mass is 357 g/mol. The molecule has 0 aromatic carbocycles. The molecule has 1 saturated heterocycles. The Morgan fingerprint density at radius 1 is 1.50 bits per heavy atom. The second-order valence-corrected chi connectivity index (χ2v) is 7.00. The van der Waals surface area contributed by atoms with Crippen LogP contribution in [0.15, 0.2) is 36.2 Å². The molecule has 3 heterocycles. The van der Waals surface area contributed by atoms with E-state index in [2.05, 4.69) is 10.3 Å². The van der Waals surface area contributed by atoms with Gasteiger partial charge in [0.1, 0.15) is 11.8 Å². The average molecular weight is 357 g/mol. The second kappa shape index (κ2) is 8.47. The Kier molecular flexibility index (Phi) is 6.06. The van der Waals surface area contributed by atoms with Crippen molar-refractivity contribution in [1.29, 1.82) is 0 Å². The number of hydrogen-bond donors (Lipinski definition) is 1. The van der Waals surface area contributed by atoms with Crippen LogP contribution in [0.25, 0.3) is 5.65 Å². The molecule has 0 unspecified atom stereocenters. The molecule has 1 amide bonds. The van der Waals surface area contributed by atoms with Gasteiger partial charge in [-0.1, -0.05) is 17.7 Å². The van der Waals surface area contributed by atoms with Crippen molar-refractivity contribution in [2.75, 3.05) is 19.8 Å². The first kappa shape index (κ1) is 18.6. The summed E-state index contributed by atoms with van der Waals surface area (Å²) in [6.45, 7) is 7.78. The molecule has 6 heteroatoms. The highest BCUT2D eigenvalue weighted by molar-refractivity contribution is 5.78. The number of amides is 1. The van der Waals surface area contributed by atoms with Crippen molar-refractivity contribution in [3.63, 3.8) is 0 Å². The lowest BCUT2D eigenvalue weighted by molar-refractivity contribution is -0.125. The summed E-state index contributed by atoms with van der Waals surface area (Å²) in [7, 11) is 0. The first-order chi connectivity index (χ1) is 12.5. The van der Waals surface area contributed by atoms with E-state index in [-0.39, 0.29) is 18.1 Å². The summed E-state index contributed by atoms with van der Waals surface area (Å²) in [6.07, 6.45) is 6.69. The molecule has 0 saturated carbocycles. The van der Waals surface area contributed by atoms with Crippen molar-refractivity contribution in [3.05, 3.63) is 47.4 Å². The van der Waals surface area contributed by atoms with E-state index in [9.17, 15) is 4.79 Å². The second-order valence-electron chi connectivity index (χ2n) is 7.00. The fourth-order valence-corrected chi connectivity index (χ4v) is 3.13. The van der Waals surface area contributed by atoms with Gasteiger partial charge in [-0.25, -0.2) is 4.98 Å². The molecule has 1 aliphatic heterocycles. The van der Waals surface area contributed by atoms with Crippen LogP contribution in [0.2, 0.25) is 0 Å². The zero-order valence-corrected chi connectivity index (χ0v) is 15.7. The quantitative estimate of drug-likeness (QED) is 0.807. The van der Waals surface area contributed by atoms with E-state index in [0.29, 0.717) is 26.2 Å². The maximum absolute atomic E-state index is 12.6. The SMILES string of the molecule is CC(C)=CCO[C@@H]1COCC[C@H]1NC(=O)Cc1cnc2c(C)cccn12. The number of imidazole rings is 1. The minimum absolute atomic E-state index is 0.0176. The molecule has 1 N–H and O–H groups in total. The van der Waals surface area contributed by atoms with Crippen molar-refractivity contribution in [2.45, 2.75) is 45.8 Å². The number of carbonyl (C=O) groups excluding carboxylic acids is 1. The highest BCUT2D eigenvalue weighted by Gasteiger charge is 2.28. The fourth-order valence-electron chi connectivity index (χ4n) is 3.13. The molecule has 1 fully saturated rings. The van der Waals surface area contributed by atoms with Crippen LogP contribution in [0.5, 0.6) is 0 Å². The summed E-state index contributed by atoms with van der Waals surface area (Å²) in [5, 5.41) is 3.12. The average Bonchev–Trinajstić information content (AvgIpc) is 3.00. The van der Waals surface area contributed by atoms with Gasteiger partial charge < -0.3 is 19.2 Å². The van der Waals surface area contributed by atoms with Crippen molar-refractivity contribution < 1.29 is 14.3 Å². The van der Waals surface area contributed by atoms with E-state index in [1.54, 1.807) is 6.20 Å². The molecule has 140 valence electrons. The standard InChI is InChI=1S/C20H27N3O3/c1-14(2)6-10-26-18-13-25-9-7-17(18)22-19(24)11-16-12-21-20-15(3)5-4-8-23(16)20/h4-6,8,12,17-18H,7,9-11,13H2,1-3H3,(H,22,24)/t17-,18-/m1/s1. The molecule has 0 radical (unpaired) electrons. The lowest BCUT2D eigenvalue weighted by Gasteiger charge is -2.31. The summed E-state index contributed by atoms with van der Waals surface area (Å²) in [5.41, 5.74) is 4.08. The number of nitrogens with one attached hydrogen (secondary N) is 1. The molecule has 26 heavy (non-hydrogen) atoms. The van der Waals surface area contributed by atoms with Gasteiger partial charge in [-0.3, -0.25) is 4.79 Å². The van der Waals surface area contributed by atoms with E-state index < -0.39 is 0 Å². The molecule has 0 spiro atoms. The number of nitrogens with zero attached hydrogens (tertiary/aromatic N) is 2. The largest absolute Gasteiger partial charge is 0.379 e. The molecule has 0 bridgehead atoms. The summed E-state index contributed by atoms with van der Waals surface area (Å²) in [4.78, 5) is 17.0. The van der Waals surface area contributed by atoms with Gasteiger partial charge in [-0.15, -0.1) is 0 Å². The van der Waals surface area contributed by atoms with Gasteiger partial charge in [0.05, 0.1) is 31.4 Å². The van der Waals surface area contributed by atoms with Crippen LogP contribution in [-0.4, -0.2) is 47.3 Å². The van der Waals surface area contributed by atoms with Gasteiger partial charge in [0.15, 0.2) is 0 Å².